The van der Waals surface area contributed by atoms with Crippen LogP contribution in [0.3, 0.4) is 0 Å². The van der Waals surface area contributed by atoms with Gasteiger partial charge in [-0.2, -0.15) is 9.97 Å². The molecule has 1 unspecified atom stereocenters. The molecule has 2 aromatic rings. The Bertz CT molecular complexity index is 687. The number of nitrogens with one attached hydrogen (secondary N) is 4. The molecule has 10 nitrogen and oxygen atoms in total. The molecule has 0 saturated carbocycles. The first kappa shape index (κ1) is 20.9. The molecule has 2 heterocycles. The molecule has 0 fully saturated rings. The predicted molar refractivity (Wildman–Crippen MR) is 102 cm³/mol. The summed E-state index contributed by atoms with van der Waals surface area (Å²) in [5.41, 5.74) is 1.10. The van der Waals surface area contributed by atoms with Crippen LogP contribution < -0.4 is 21.3 Å². The molecule has 0 radical (unpaired) electrons. The third-order valence-corrected chi connectivity index (χ3v) is 3.25. The van der Waals surface area contributed by atoms with Gasteiger partial charge in [0.05, 0.1) is 12.7 Å². The number of halogens is 1. The minimum Gasteiger partial charge on any atom is -0.394 e. The average molecular weight is 373 g/mol. The smallest absolute Gasteiger partial charge is 0.225 e. The summed E-state index contributed by atoms with van der Waals surface area (Å²) in [5.74, 6) is 1.91. The molecule has 0 aliphatic heterocycles. The number of fused-ring (bicyclic) bond motifs is 1. The quantitative estimate of drug-likeness (QED) is 0.369. The van der Waals surface area contributed by atoms with Crippen LogP contribution in [0, 0.1) is 0 Å². The van der Waals surface area contributed by atoms with Gasteiger partial charge in [-0.15, -0.1) is 12.4 Å². The summed E-state index contributed by atoms with van der Waals surface area (Å²) >= 11 is 0. The summed E-state index contributed by atoms with van der Waals surface area (Å²) in [6.07, 6.45) is 0.0503. The van der Waals surface area contributed by atoms with Crippen molar-refractivity contribution in [3.05, 3.63) is 0 Å². The molecule has 2 rings (SSSR count). The fraction of sp³-hybridized carbons (Fsp3) is 0.571. The van der Waals surface area contributed by atoms with Crippen LogP contribution in [0.15, 0.2) is 0 Å². The van der Waals surface area contributed by atoms with Crippen LogP contribution in [-0.4, -0.2) is 70.0 Å². The first-order valence-corrected chi connectivity index (χ1v) is 7.84. The van der Waals surface area contributed by atoms with Crippen molar-refractivity contribution in [2.75, 3.05) is 55.1 Å². The Morgan fingerprint density at radius 1 is 0.920 bits per heavy atom. The molecule has 0 saturated heterocycles. The lowest BCUT2D eigenvalue weighted by atomic mass is 10.3. The number of hydrogen-bond donors (Lipinski definition) is 6. The van der Waals surface area contributed by atoms with Crippen LogP contribution in [-0.2, 0) is 0 Å². The zero-order valence-electron chi connectivity index (χ0n) is 14.5. The zero-order chi connectivity index (χ0) is 17.5. The molecule has 0 aromatic carbocycles. The first-order chi connectivity index (χ1) is 11.6. The summed E-state index contributed by atoms with van der Waals surface area (Å²) in [5, 5.41) is 30.6. The molecule has 0 aliphatic rings. The Labute approximate surface area is 152 Å². The van der Waals surface area contributed by atoms with Crippen molar-refractivity contribution in [2.45, 2.75) is 19.4 Å². The molecular formula is C14H25ClN8O2. The van der Waals surface area contributed by atoms with Gasteiger partial charge in [0.25, 0.3) is 0 Å². The highest BCUT2D eigenvalue weighted by Crippen LogP contribution is 2.26. The molecule has 0 bridgehead atoms. The maximum atomic E-state index is 9.56. The number of aromatic nitrogens is 4. The van der Waals surface area contributed by atoms with Crippen molar-refractivity contribution in [2.24, 2.45) is 0 Å². The third kappa shape index (κ3) is 5.15. The van der Waals surface area contributed by atoms with Gasteiger partial charge in [-0.25, -0.2) is 9.97 Å². The van der Waals surface area contributed by atoms with E-state index in [1.807, 2.05) is 0 Å². The van der Waals surface area contributed by atoms with Crippen molar-refractivity contribution in [1.82, 2.24) is 19.9 Å². The molecule has 1 atom stereocenters. The molecule has 140 valence electrons. The SMILES string of the molecule is CCCNc1nc(NC)nc2c(NCC(O)CO)nc(NC)nc12.Cl. The average Bonchev–Trinajstić information content (AvgIpc) is 2.63. The van der Waals surface area contributed by atoms with E-state index in [1.54, 1.807) is 14.1 Å². The molecule has 0 amide bonds. The van der Waals surface area contributed by atoms with Gasteiger partial charge in [-0.05, 0) is 6.42 Å². The molecule has 25 heavy (non-hydrogen) atoms. The largest absolute Gasteiger partial charge is 0.394 e. The van der Waals surface area contributed by atoms with E-state index >= 15 is 0 Å². The van der Waals surface area contributed by atoms with Crippen LogP contribution in [0.2, 0.25) is 0 Å². The van der Waals surface area contributed by atoms with Crippen molar-refractivity contribution >= 4 is 47.0 Å². The van der Waals surface area contributed by atoms with Gasteiger partial charge in [0.2, 0.25) is 11.9 Å². The van der Waals surface area contributed by atoms with E-state index in [4.69, 9.17) is 5.11 Å². The Morgan fingerprint density at radius 2 is 1.44 bits per heavy atom. The van der Waals surface area contributed by atoms with Crippen molar-refractivity contribution in [1.29, 1.82) is 0 Å². The van der Waals surface area contributed by atoms with Gasteiger partial charge >= 0.3 is 0 Å². The fourth-order valence-corrected chi connectivity index (χ4v) is 2.01. The van der Waals surface area contributed by atoms with E-state index in [0.29, 0.717) is 34.6 Å². The van der Waals surface area contributed by atoms with Crippen LogP contribution in [0.1, 0.15) is 13.3 Å². The molecule has 2 aromatic heterocycles. The molecule has 0 aliphatic carbocycles. The number of nitrogens with zero attached hydrogens (tertiary/aromatic N) is 4. The molecule has 0 spiro atoms. The number of aliphatic hydroxyl groups excluding tert-OH is 2. The minimum atomic E-state index is -0.892. The van der Waals surface area contributed by atoms with E-state index in [1.165, 1.54) is 0 Å². The second-order valence-electron chi connectivity index (χ2n) is 5.13. The molecule has 6 N–H and O–H groups in total. The first-order valence-electron chi connectivity index (χ1n) is 7.84. The van der Waals surface area contributed by atoms with Gasteiger partial charge in [0.15, 0.2) is 11.6 Å². The van der Waals surface area contributed by atoms with Gasteiger partial charge in [0, 0.05) is 27.2 Å². The summed E-state index contributed by atoms with van der Waals surface area (Å²) in [6.45, 7) is 2.62. The maximum absolute atomic E-state index is 9.56. The topological polar surface area (TPSA) is 140 Å². The highest BCUT2D eigenvalue weighted by molar-refractivity contribution is 5.94. The van der Waals surface area contributed by atoms with Crippen molar-refractivity contribution in [3.63, 3.8) is 0 Å². The Kier molecular flexibility index (Phi) is 8.32. The van der Waals surface area contributed by atoms with E-state index in [-0.39, 0.29) is 25.6 Å². The van der Waals surface area contributed by atoms with Gasteiger partial charge in [-0.3, -0.25) is 0 Å². The lowest BCUT2D eigenvalue weighted by Gasteiger charge is -2.15. The van der Waals surface area contributed by atoms with Crippen molar-refractivity contribution in [3.8, 4) is 0 Å². The molecular weight excluding hydrogens is 348 g/mol. The minimum absolute atomic E-state index is 0. The van der Waals surface area contributed by atoms with Crippen LogP contribution in [0.5, 0.6) is 0 Å². The summed E-state index contributed by atoms with van der Waals surface area (Å²) in [6, 6.07) is 0. The van der Waals surface area contributed by atoms with Crippen LogP contribution >= 0.6 is 12.4 Å². The second-order valence-corrected chi connectivity index (χ2v) is 5.13. The number of anilines is 4. The Morgan fingerprint density at radius 3 is 1.88 bits per heavy atom. The van der Waals surface area contributed by atoms with E-state index in [0.717, 1.165) is 13.0 Å². The monoisotopic (exact) mass is 372 g/mol. The van der Waals surface area contributed by atoms with E-state index < -0.39 is 6.10 Å². The summed E-state index contributed by atoms with van der Waals surface area (Å²) in [7, 11) is 3.45. The summed E-state index contributed by atoms with van der Waals surface area (Å²) in [4.78, 5) is 17.6. The number of aliphatic hydroxyl groups is 2. The number of hydrogen-bond acceptors (Lipinski definition) is 10. The standard InChI is InChI=1S/C14H24N8O2.ClH/c1-4-5-17-11-9-10(20-13(15-2)21-11)12(18-6-8(24)7-23)22-14(16-3)19-9;/h8,23-24H,4-7H2,1-3H3,(H2,15,17,20,21)(H2,16,18,19,22);1H. The van der Waals surface area contributed by atoms with Crippen molar-refractivity contribution < 1.29 is 10.2 Å². The maximum Gasteiger partial charge on any atom is 0.225 e. The van der Waals surface area contributed by atoms with Crippen LogP contribution in [0.25, 0.3) is 11.0 Å². The normalized spacial score (nSPS) is 11.6. The highest BCUT2D eigenvalue weighted by Gasteiger charge is 2.16. The predicted octanol–water partition coefficient (Wildman–Crippen LogP) is 0.512. The van der Waals surface area contributed by atoms with E-state index in [2.05, 4.69) is 48.1 Å². The van der Waals surface area contributed by atoms with Gasteiger partial charge in [0.1, 0.15) is 11.0 Å². The number of rotatable bonds is 9. The lowest BCUT2D eigenvalue weighted by Crippen LogP contribution is -2.24. The van der Waals surface area contributed by atoms with Gasteiger partial charge < -0.3 is 31.5 Å². The molecule has 11 heteroatoms. The van der Waals surface area contributed by atoms with E-state index in [9.17, 15) is 5.11 Å². The lowest BCUT2D eigenvalue weighted by molar-refractivity contribution is 0.105. The Balaban J connectivity index is 0.00000312. The highest BCUT2D eigenvalue weighted by atomic mass is 35.5. The second kappa shape index (κ2) is 9.97. The zero-order valence-corrected chi connectivity index (χ0v) is 15.3. The fourth-order valence-electron chi connectivity index (χ4n) is 2.01. The van der Waals surface area contributed by atoms with Gasteiger partial charge in [-0.1, -0.05) is 6.92 Å². The summed E-state index contributed by atoms with van der Waals surface area (Å²) < 4.78 is 0. The van der Waals surface area contributed by atoms with Crippen LogP contribution in [0.4, 0.5) is 23.5 Å². The third-order valence-electron chi connectivity index (χ3n) is 3.25. The Hall–Kier alpha value is -2.17.